The average Bonchev–Trinajstić information content (AvgIpc) is 2.40. The molecule has 0 aliphatic rings. The van der Waals surface area contributed by atoms with Gasteiger partial charge in [0.25, 0.3) is 0 Å². The van der Waals surface area contributed by atoms with Gasteiger partial charge in [0.05, 0.1) is 6.61 Å². The van der Waals surface area contributed by atoms with Gasteiger partial charge in [0.1, 0.15) is 5.75 Å². The summed E-state index contributed by atoms with van der Waals surface area (Å²) in [6, 6.07) is 9.69. The molecule has 4 nitrogen and oxygen atoms in total. The van der Waals surface area contributed by atoms with E-state index >= 15 is 0 Å². The molecule has 1 rings (SSSR count). The molecule has 1 aromatic carbocycles. The van der Waals surface area contributed by atoms with Gasteiger partial charge in [0.2, 0.25) is 5.91 Å². The summed E-state index contributed by atoms with van der Waals surface area (Å²) in [5.41, 5.74) is 0. The lowest BCUT2D eigenvalue weighted by atomic mass is 10.3. The molecule has 0 unspecified atom stereocenters. The van der Waals surface area contributed by atoms with Crippen LogP contribution in [0.1, 0.15) is 19.8 Å². The van der Waals surface area contributed by atoms with Crippen LogP contribution in [0.25, 0.3) is 0 Å². The highest BCUT2D eigenvalue weighted by atomic mass is 16.5. The summed E-state index contributed by atoms with van der Waals surface area (Å²) in [6.45, 7) is 4.95. The molecule has 4 heteroatoms. The number of carbonyl (C=O) groups is 1. The van der Waals surface area contributed by atoms with E-state index in [1.165, 1.54) is 0 Å². The van der Waals surface area contributed by atoms with Gasteiger partial charge in [-0.15, -0.1) is 0 Å². The van der Waals surface area contributed by atoms with E-state index in [2.05, 4.69) is 10.6 Å². The zero-order chi connectivity index (χ0) is 13.1. The van der Waals surface area contributed by atoms with Crippen LogP contribution in [0.4, 0.5) is 0 Å². The van der Waals surface area contributed by atoms with Gasteiger partial charge in [-0.3, -0.25) is 4.79 Å². The summed E-state index contributed by atoms with van der Waals surface area (Å²) in [4.78, 5) is 11.4. The molecule has 0 aliphatic heterocycles. The Hall–Kier alpha value is -1.55. The number of hydrogen-bond donors (Lipinski definition) is 2. The van der Waals surface area contributed by atoms with Crippen LogP contribution in [-0.4, -0.2) is 32.1 Å². The van der Waals surface area contributed by atoms with Crippen LogP contribution in [0.15, 0.2) is 30.3 Å². The molecule has 0 heterocycles. The van der Waals surface area contributed by atoms with Crippen LogP contribution in [0, 0.1) is 0 Å². The number of benzene rings is 1. The Morgan fingerprint density at radius 3 is 2.72 bits per heavy atom. The molecule has 0 saturated heterocycles. The van der Waals surface area contributed by atoms with E-state index < -0.39 is 0 Å². The van der Waals surface area contributed by atoms with E-state index in [4.69, 9.17) is 4.74 Å². The Labute approximate surface area is 109 Å². The first kappa shape index (κ1) is 14.5. The van der Waals surface area contributed by atoms with E-state index in [9.17, 15) is 4.79 Å². The molecule has 1 aromatic rings. The van der Waals surface area contributed by atoms with Gasteiger partial charge in [-0.2, -0.15) is 0 Å². The third-order valence-electron chi connectivity index (χ3n) is 2.43. The second-order valence-corrected chi connectivity index (χ2v) is 3.97. The van der Waals surface area contributed by atoms with E-state index in [0.29, 0.717) is 19.6 Å². The largest absolute Gasteiger partial charge is 0.494 e. The number of hydrogen-bond acceptors (Lipinski definition) is 3. The quantitative estimate of drug-likeness (QED) is 0.654. The summed E-state index contributed by atoms with van der Waals surface area (Å²) in [5, 5.41) is 5.99. The zero-order valence-corrected chi connectivity index (χ0v) is 10.9. The minimum Gasteiger partial charge on any atom is -0.494 e. The normalized spacial score (nSPS) is 10.1. The zero-order valence-electron chi connectivity index (χ0n) is 10.9. The van der Waals surface area contributed by atoms with Gasteiger partial charge in [0.15, 0.2) is 0 Å². The summed E-state index contributed by atoms with van der Waals surface area (Å²) < 4.78 is 5.52. The topological polar surface area (TPSA) is 50.4 Å². The fourth-order valence-corrected chi connectivity index (χ4v) is 1.47. The maximum atomic E-state index is 11.4. The van der Waals surface area contributed by atoms with E-state index in [1.807, 2.05) is 37.3 Å². The summed E-state index contributed by atoms with van der Waals surface area (Å²) in [7, 11) is 0. The fraction of sp³-hybridized carbons (Fsp3) is 0.500. The Bertz CT molecular complexity index is 328. The molecule has 0 spiro atoms. The van der Waals surface area contributed by atoms with Gasteiger partial charge < -0.3 is 15.4 Å². The first-order chi connectivity index (χ1) is 8.83. The van der Waals surface area contributed by atoms with Crippen LogP contribution < -0.4 is 15.4 Å². The Balaban J connectivity index is 1.97. The van der Waals surface area contributed by atoms with Gasteiger partial charge >= 0.3 is 0 Å². The fourth-order valence-electron chi connectivity index (χ4n) is 1.47. The van der Waals surface area contributed by atoms with Crippen molar-refractivity contribution in [2.45, 2.75) is 19.8 Å². The lowest BCUT2D eigenvalue weighted by Gasteiger charge is -2.07. The lowest BCUT2D eigenvalue weighted by Crippen LogP contribution is -2.29. The first-order valence-corrected chi connectivity index (χ1v) is 6.48. The highest BCUT2D eigenvalue weighted by Crippen LogP contribution is 2.07. The van der Waals surface area contributed by atoms with Crippen molar-refractivity contribution < 1.29 is 9.53 Å². The van der Waals surface area contributed by atoms with Crippen LogP contribution in [-0.2, 0) is 4.79 Å². The van der Waals surface area contributed by atoms with Crippen molar-refractivity contribution in [3.63, 3.8) is 0 Å². The third-order valence-corrected chi connectivity index (χ3v) is 2.43. The second kappa shape index (κ2) is 9.48. The van der Waals surface area contributed by atoms with Crippen molar-refractivity contribution in [1.82, 2.24) is 10.6 Å². The Kier molecular flexibility index (Phi) is 7.64. The predicted octanol–water partition coefficient (Wildman–Crippen LogP) is 1.57. The standard InChI is InChI=1S/C14H22N2O2/c1-2-15-11-9-14(17)16-10-6-12-18-13-7-4-3-5-8-13/h3-5,7-8,15H,2,6,9-12H2,1H3,(H,16,17). The van der Waals surface area contributed by atoms with E-state index in [1.54, 1.807) is 0 Å². The number of amides is 1. The van der Waals surface area contributed by atoms with Gasteiger partial charge in [-0.1, -0.05) is 25.1 Å². The molecule has 0 aliphatic carbocycles. The minimum absolute atomic E-state index is 0.0932. The molecule has 1 amide bonds. The Morgan fingerprint density at radius 2 is 2.00 bits per heavy atom. The highest BCUT2D eigenvalue weighted by Gasteiger charge is 1.99. The molecule has 0 atom stereocenters. The Morgan fingerprint density at radius 1 is 1.22 bits per heavy atom. The van der Waals surface area contributed by atoms with Crippen molar-refractivity contribution in [2.24, 2.45) is 0 Å². The number of carbonyl (C=O) groups excluding carboxylic acids is 1. The summed E-state index contributed by atoms with van der Waals surface area (Å²) in [5.74, 6) is 0.964. The molecule has 0 saturated carbocycles. The highest BCUT2D eigenvalue weighted by molar-refractivity contribution is 5.75. The number of ether oxygens (including phenoxy) is 1. The number of nitrogens with one attached hydrogen (secondary N) is 2. The number of rotatable bonds is 9. The van der Waals surface area contributed by atoms with Crippen molar-refractivity contribution in [1.29, 1.82) is 0 Å². The smallest absolute Gasteiger partial charge is 0.221 e. The molecule has 100 valence electrons. The molecule has 0 fully saturated rings. The molecule has 18 heavy (non-hydrogen) atoms. The molecular formula is C14H22N2O2. The molecule has 0 radical (unpaired) electrons. The predicted molar refractivity (Wildman–Crippen MR) is 72.7 cm³/mol. The lowest BCUT2D eigenvalue weighted by molar-refractivity contribution is -0.121. The minimum atomic E-state index is 0.0932. The van der Waals surface area contributed by atoms with Crippen LogP contribution in [0.5, 0.6) is 5.75 Å². The van der Waals surface area contributed by atoms with Crippen LogP contribution >= 0.6 is 0 Å². The van der Waals surface area contributed by atoms with Gasteiger partial charge in [-0.05, 0) is 25.1 Å². The molecule has 0 bridgehead atoms. The number of para-hydroxylation sites is 1. The van der Waals surface area contributed by atoms with Crippen molar-refractivity contribution in [3.8, 4) is 5.75 Å². The van der Waals surface area contributed by atoms with Crippen molar-refractivity contribution in [2.75, 3.05) is 26.2 Å². The van der Waals surface area contributed by atoms with Crippen molar-refractivity contribution in [3.05, 3.63) is 30.3 Å². The molecule has 2 N–H and O–H groups in total. The van der Waals surface area contributed by atoms with Crippen molar-refractivity contribution >= 4 is 5.91 Å². The monoisotopic (exact) mass is 250 g/mol. The van der Waals surface area contributed by atoms with Crippen LogP contribution in [0.2, 0.25) is 0 Å². The maximum Gasteiger partial charge on any atom is 0.221 e. The summed E-state index contributed by atoms with van der Waals surface area (Å²) >= 11 is 0. The third kappa shape index (κ3) is 6.91. The SMILES string of the molecule is CCNCCC(=O)NCCCOc1ccccc1. The second-order valence-electron chi connectivity index (χ2n) is 3.97. The average molecular weight is 250 g/mol. The van der Waals surface area contributed by atoms with Gasteiger partial charge in [0, 0.05) is 19.5 Å². The molecular weight excluding hydrogens is 228 g/mol. The maximum absolute atomic E-state index is 11.4. The van der Waals surface area contributed by atoms with E-state index in [-0.39, 0.29) is 5.91 Å². The van der Waals surface area contributed by atoms with Crippen LogP contribution in [0.3, 0.4) is 0 Å². The molecule has 0 aromatic heterocycles. The van der Waals surface area contributed by atoms with E-state index in [0.717, 1.165) is 25.3 Å². The summed E-state index contributed by atoms with van der Waals surface area (Å²) in [6.07, 6.45) is 1.36. The van der Waals surface area contributed by atoms with Gasteiger partial charge in [-0.25, -0.2) is 0 Å². The first-order valence-electron chi connectivity index (χ1n) is 6.48.